The van der Waals surface area contributed by atoms with Gasteiger partial charge in [0.25, 0.3) is 5.91 Å². The third-order valence-electron chi connectivity index (χ3n) is 4.55. The van der Waals surface area contributed by atoms with Crippen LogP contribution in [0.4, 0.5) is 0 Å². The monoisotopic (exact) mass is 269 g/mol. The fourth-order valence-corrected chi connectivity index (χ4v) is 3.93. The van der Waals surface area contributed by atoms with Crippen LogP contribution in [0, 0.1) is 11.8 Å². The second-order valence-electron chi connectivity index (χ2n) is 6.68. The van der Waals surface area contributed by atoms with Crippen molar-refractivity contribution in [3.63, 3.8) is 0 Å². The van der Waals surface area contributed by atoms with Gasteiger partial charge in [-0.15, -0.1) is 5.01 Å². The Morgan fingerprint density at radius 1 is 1.32 bits per heavy atom. The van der Waals surface area contributed by atoms with E-state index in [1.165, 1.54) is 0 Å². The van der Waals surface area contributed by atoms with Gasteiger partial charge in [0.2, 0.25) is 12.9 Å². The Morgan fingerprint density at radius 2 is 1.95 bits per heavy atom. The predicted molar refractivity (Wildman–Crippen MR) is 74.7 cm³/mol. The molecular weight excluding hydrogens is 240 g/mol. The van der Waals surface area contributed by atoms with Gasteiger partial charge in [0.1, 0.15) is 12.5 Å². The van der Waals surface area contributed by atoms with E-state index in [1.807, 2.05) is 5.01 Å². The molecule has 2 atom stereocenters. The standard InChI is InChI=1S/C15H29N2O2/c1-6-7-8-19-14-9-13(18)16-10-17(14,16)15(11(2)3)12(4)5/h11-12,14-15H,6-10H2,1-5H3/q+1. The minimum atomic E-state index is 0.0637. The van der Waals surface area contributed by atoms with E-state index >= 15 is 0 Å². The molecule has 0 aromatic rings. The normalized spacial score (nSPS) is 29.8. The summed E-state index contributed by atoms with van der Waals surface area (Å²) in [6.07, 6.45) is 2.86. The van der Waals surface area contributed by atoms with Crippen LogP contribution in [0.1, 0.15) is 53.9 Å². The number of ether oxygens (including phenoxy) is 1. The highest BCUT2D eigenvalue weighted by atomic mass is 16.5. The summed E-state index contributed by atoms with van der Waals surface area (Å²) in [5.74, 6) is 1.40. The van der Waals surface area contributed by atoms with Crippen LogP contribution in [0.25, 0.3) is 0 Å². The van der Waals surface area contributed by atoms with Crippen molar-refractivity contribution in [1.29, 1.82) is 0 Å². The van der Waals surface area contributed by atoms with Crippen LogP contribution in [0.2, 0.25) is 0 Å². The van der Waals surface area contributed by atoms with Crippen molar-refractivity contribution >= 4 is 5.91 Å². The van der Waals surface area contributed by atoms with Crippen molar-refractivity contribution in [2.24, 2.45) is 11.8 Å². The molecule has 0 radical (unpaired) electrons. The van der Waals surface area contributed by atoms with E-state index in [0.717, 1.165) is 30.7 Å². The van der Waals surface area contributed by atoms with Gasteiger partial charge >= 0.3 is 0 Å². The number of amides is 1. The average Bonchev–Trinajstić information content (AvgIpc) is 2.97. The van der Waals surface area contributed by atoms with Crippen molar-refractivity contribution in [1.82, 2.24) is 5.01 Å². The number of carbonyl (C=O) groups excluding carboxylic acids is 1. The van der Waals surface area contributed by atoms with E-state index in [0.29, 0.717) is 24.3 Å². The first-order valence-corrected chi connectivity index (χ1v) is 7.75. The number of quaternary nitrogens is 1. The Labute approximate surface area is 117 Å². The van der Waals surface area contributed by atoms with Gasteiger partial charge in [-0.3, -0.25) is 4.79 Å². The summed E-state index contributed by atoms with van der Waals surface area (Å²) in [6.45, 7) is 12.9. The molecule has 2 fully saturated rings. The van der Waals surface area contributed by atoms with Crippen molar-refractivity contribution < 1.29 is 14.1 Å². The topological polar surface area (TPSA) is 29.3 Å². The summed E-state index contributed by atoms with van der Waals surface area (Å²) in [4.78, 5) is 12.0. The van der Waals surface area contributed by atoms with E-state index in [9.17, 15) is 4.79 Å². The third-order valence-corrected chi connectivity index (χ3v) is 4.55. The summed E-state index contributed by atoms with van der Waals surface area (Å²) in [6, 6.07) is 0.484. The van der Waals surface area contributed by atoms with Gasteiger partial charge in [0, 0.05) is 11.8 Å². The maximum Gasteiger partial charge on any atom is 0.282 e. The zero-order chi connectivity index (χ0) is 14.2. The number of rotatable bonds is 7. The van der Waals surface area contributed by atoms with Crippen LogP contribution in [0.5, 0.6) is 0 Å². The molecule has 0 aromatic heterocycles. The number of hydrogen-bond acceptors (Lipinski definition) is 2. The molecule has 110 valence electrons. The molecule has 4 nitrogen and oxygen atoms in total. The average molecular weight is 269 g/mol. The fourth-order valence-electron chi connectivity index (χ4n) is 3.93. The zero-order valence-corrected chi connectivity index (χ0v) is 13.1. The van der Waals surface area contributed by atoms with Crippen molar-refractivity contribution in [3.05, 3.63) is 0 Å². The minimum Gasteiger partial charge on any atom is -0.327 e. The van der Waals surface area contributed by atoms with Crippen LogP contribution in [0.3, 0.4) is 0 Å². The lowest BCUT2D eigenvalue weighted by atomic mass is 9.91. The molecule has 2 unspecified atom stereocenters. The van der Waals surface area contributed by atoms with E-state index in [2.05, 4.69) is 34.6 Å². The largest absolute Gasteiger partial charge is 0.327 e. The molecule has 2 aliphatic rings. The van der Waals surface area contributed by atoms with Gasteiger partial charge in [0.15, 0.2) is 0 Å². The number of nitrogens with zero attached hydrogens (tertiary/aromatic N) is 2. The molecule has 2 aliphatic heterocycles. The van der Waals surface area contributed by atoms with E-state index < -0.39 is 0 Å². The van der Waals surface area contributed by atoms with Gasteiger partial charge in [-0.2, -0.15) is 4.59 Å². The minimum absolute atomic E-state index is 0.0637. The van der Waals surface area contributed by atoms with E-state index in [4.69, 9.17) is 4.74 Å². The third kappa shape index (κ3) is 2.40. The van der Waals surface area contributed by atoms with Crippen molar-refractivity contribution in [3.8, 4) is 0 Å². The van der Waals surface area contributed by atoms with Crippen LogP contribution in [0.15, 0.2) is 0 Å². The molecule has 0 N–H and O–H groups in total. The lowest BCUT2D eigenvalue weighted by molar-refractivity contribution is -0.929. The Kier molecular flexibility index (Phi) is 4.21. The smallest absolute Gasteiger partial charge is 0.282 e. The highest BCUT2D eigenvalue weighted by molar-refractivity contribution is 5.78. The molecule has 0 aliphatic carbocycles. The van der Waals surface area contributed by atoms with Crippen LogP contribution >= 0.6 is 0 Å². The summed E-state index contributed by atoms with van der Waals surface area (Å²) in [7, 11) is 0. The molecule has 2 heterocycles. The Hall–Kier alpha value is -0.610. The highest BCUT2D eigenvalue weighted by Gasteiger charge is 2.72. The molecule has 0 spiro atoms. The molecule has 1 amide bonds. The molecule has 0 aromatic carbocycles. The van der Waals surface area contributed by atoms with Gasteiger partial charge in [-0.05, 0) is 6.42 Å². The van der Waals surface area contributed by atoms with Gasteiger partial charge in [-0.1, -0.05) is 41.0 Å². The molecule has 19 heavy (non-hydrogen) atoms. The maximum atomic E-state index is 12.0. The molecular formula is C15H29N2O2+. The lowest BCUT2D eigenvalue weighted by Gasteiger charge is -2.34. The van der Waals surface area contributed by atoms with Gasteiger partial charge in [0.05, 0.1) is 6.61 Å². The zero-order valence-electron chi connectivity index (χ0n) is 13.1. The van der Waals surface area contributed by atoms with Crippen molar-refractivity contribution in [2.45, 2.75) is 66.2 Å². The van der Waals surface area contributed by atoms with Gasteiger partial charge in [-0.25, -0.2) is 0 Å². The molecule has 0 bridgehead atoms. The SMILES string of the molecule is CCCCOC1CC(=O)N2C[N+]12C(C(C)C)C(C)C. The predicted octanol–water partition coefficient (Wildman–Crippen LogP) is 2.75. The fraction of sp³-hybridized carbons (Fsp3) is 0.933. The van der Waals surface area contributed by atoms with Crippen molar-refractivity contribution in [2.75, 3.05) is 13.3 Å². The molecule has 2 saturated heterocycles. The number of fused-ring (bicyclic) bond motifs is 1. The van der Waals surface area contributed by atoms with Crippen LogP contribution in [-0.4, -0.2) is 41.1 Å². The van der Waals surface area contributed by atoms with Gasteiger partial charge < -0.3 is 4.74 Å². The van der Waals surface area contributed by atoms with E-state index in [-0.39, 0.29) is 12.1 Å². The molecule has 2 rings (SSSR count). The van der Waals surface area contributed by atoms with Crippen LogP contribution < -0.4 is 0 Å². The van der Waals surface area contributed by atoms with E-state index in [1.54, 1.807) is 0 Å². The number of unbranched alkanes of at least 4 members (excludes halogenated alkanes) is 1. The number of hydrogen-bond donors (Lipinski definition) is 0. The summed E-state index contributed by atoms with van der Waals surface area (Å²) >= 11 is 0. The molecule has 4 heteroatoms. The second kappa shape index (κ2) is 5.41. The summed E-state index contributed by atoms with van der Waals surface area (Å²) in [5.41, 5.74) is 0. The van der Waals surface area contributed by atoms with Crippen LogP contribution in [-0.2, 0) is 9.53 Å². The summed E-state index contributed by atoms with van der Waals surface area (Å²) < 4.78 is 6.84. The lowest BCUT2D eigenvalue weighted by Crippen LogP contribution is -2.51. The summed E-state index contributed by atoms with van der Waals surface area (Å²) in [5, 5.41) is 2.02. The maximum absolute atomic E-state index is 12.0. The first-order valence-electron chi connectivity index (χ1n) is 7.75. The second-order valence-corrected chi connectivity index (χ2v) is 6.68. The Bertz CT molecular complexity index is 335. The quantitative estimate of drug-likeness (QED) is 0.404. The number of carbonyl (C=O) groups is 1. The highest BCUT2D eigenvalue weighted by Crippen LogP contribution is 2.48. The Morgan fingerprint density at radius 3 is 2.42 bits per heavy atom. The first-order chi connectivity index (χ1) is 8.95. The Balaban J connectivity index is 2.13. The first kappa shape index (κ1) is 14.8. The molecule has 0 saturated carbocycles.